The molecule has 1 aliphatic rings. The summed E-state index contributed by atoms with van der Waals surface area (Å²) in [7, 11) is 0. The van der Waals surface area contributed by atoms with Crippen molar-refractivity contribution in [2.45, 2.75) is 12.3 Å². The first-order chi connectivity index (χ1) is 34.1. The molecule has 0 saturated carbocycles. The molecule has 2 heterocycles. The van der Waals surface area contributed by atoms with Crippen molar-refractivity contribution < 1.29 is 0 Å². The molecular weight excluding hydrogens is 839 g/mol. The van der Waals surface area contributed by atoms with Gasteiger partial charge in [0.25, 0.3) is 0 Å². The van der Waals surface area contributed by atoms with Crippen LogP contribution in [0.25, 0.3) is 105 Å². The largest absolute Gasteiger partial charge is 0.308 e. The van der Waals surface area contributed by atoms with Crippen molar-refractivity contribution >= 4 is 33.1 Å². The van der Waals surface area contributed by atoms with Crippen LogP contribution in [0.15, 0.2) is 243 Å². The van der Waals surface area contributed by atoms with Crippen molar-refractivity contribution in [2.24, 2.45) is 0 Å². The highest BCUT2D eigenvalue weighted by Gasteiger charge is 2.25. The maximum atomic E-state index is 8.08. The number of nitrogens with zero attached hydrogens (tertiary/aromatic N) is 5. The maximum absolute atomic E-state index is 8.08. The van der Waals surface area contributed by atoms with E-state index in [0.29, 0.717) is 23.2 Å². The second kappa shape index (κ2) is 17.9. The van der Waals surface area contributed by atoms with Gasteiger partial charge in [0, 0.05) is 39.1 Å². The van der Waals surface area contributed by atoms with Crippen molar-refractivity contribution in [2.75, 3.05) is 0 Å². The molecule has 9 aromatic carbocycles. The minimum absolute atomic E-state index is 0.244. The summed E-state index contributed by atoms with van der Waals surface area (Å²) in [5, 5.41) is 2.10. The second-order valence-electron chi connectivity index (χ2n) is 17.4. The Morgan fingerprint density at radius 2 is 0.884 bits per heavy atom. The van der Waals surface area contributed by atoms with Crippen molar-refractivity contribution in [3.63, 3.8) is 0 Å². The number of benzene rings is 9. The van der Waals surface area contributed by atoms with E-state index in [1.165, 1.54) is 5.56 Å². The summed E-state index contributed by atoms with van der Waals surface area (Å²) in [6, 6.07) is 78.4. The van der Waals surface area contributed by atoms with Crippen LogP contribution in [-0.4, -0.2) is 19.5 Å². The van der Waals surface area contributed by atoms with Gasteiger partial charge >= 0.3 is 0 Å². The molecule has 0 radical (unpaired) electrons. The number of aromatic nitrogens is 4. The fourth-order valence-corrected chi connectivity index (χ4v) is 9.75. The van der Waals surface area contributed by atoms with E-state index in [1.54, 1.807) is 0 Å². The first-order valence-electron chi connectivity index (χ1n) is 23.3. The minimum Gasteiger partial charge on any atom is -0.308 e. The van der Waals surface area contributed by atoms with Gasteiger partial charge in [0.1, 0.15) is 0 Å². The molecule has 2 aromatic heterocycles. The number of rotatable bonds is 9. The summed E-state index contributed by atoms with van der Waals surface area (Å²) >= 11 is 0. The molecule has 324 valence electrons. The summed E-state index contributed by atoms with van der Waals surface area (Å²) in [5.74, 6) is 2.03. The number of fused-ring (bicyclic) bond motifs is 3. The third kappa shape index (κ3) is 7.90. The van der Waals surface area contributed by atoms with Crippen LogP contribution in [0.4, 0.5) is 5.69 Å². The molecule has 0 spiro atoms. The van der Waals surface area contributed by atoms with Gasteiger partial charge in [0.05, 0.1) is 23.3 Å². The number of allylic oxidation sites excluding steroid dienone is 4. The van der Waals surface area contributed by atoms with E-state index in [2.05, 4.69) is 173 Å². The third-order valence-electron chi connectivity index (χ3n) is 13.2. The van der Waals surface area contributed by atoms with Gasteiger partial charge in [-0.2, -0.15) is 0 Å². The molecule has 0 aliphatic heterocycles. The van der Waals surface area contributed by atoms with Crippen LogP contribution in [0.2, 0.25) is 0 Å². The Balaban J connectivity index is 1.17. The summed E-state index contributed by atoms with van der Waals surface area (Å²) < 4.78 is 2.42. The van der Waals surface area contributed by atoms with Gasteiger partial charge in [-0.05, 0) is 87.2 Å². The zero-order valence-electron chi connectivity index (χ0n) is 37.6. The standard InChI is InChI=1S/C64H43N5/c1-65-54-36-38-60-58(42-54)57-39-52(45-21-11-4-12-22-45)35-37-59(57)69(60)61-55(48-31-27-46(28-32-48)43-17-7-2-8-18-43)40-53(41-56(61)49-33-29-47(30-34-49)44-19-9-3-10-20-44)64-67-62(50-23-13-5-14-24-50)66-63(68-64)51-25-15-6-16-26-51/h2-29,31-42,47H,30H2. The van der Waals surface area contributed by atoms with E-state index in [4.69, 9.17) is 21.5 Å². The minimum atomic E-state index is 0.244. The van der Waals surface area contributed by atoms with Crippen LogP contribution in [0.1, 0.15) is 23.5 Å². The Kier molecular flexibility index (Phi) is 10.7. The Morgan fingerprint density at radius 3 is 1.45 bits per heavy atom. The summed E-state index contributed by atoms with van der Waals surface area (Å²) in [5.41, 5.74) is 16.4. The molecule has 1 atom stereocenters. The highest BCUT2D eigenvalue weighted by atomic mass is 15.0. The van der Waals surface area contributed by atoms with Crippen molar-refractivity contribution in [3.05, 3.63) is 265 Å². The molecular formula is C64H43N5. The summed E-state index contributed by atoms with van der Waals surface area (Å²) in [6.07, 6.45) is 7.87. The zero-order valence-corrected chi connectivity index (χ0v) is 37.6. The van der Waals surface area contributed by atoms with E-state index < -0.39 is 0 Å². The average molecular weight is 882 g/mol. The fraction of sp³-hybridized carbons (Fsp3) is 0.0312. The topological polar surface area (TPSA) is 48.0 Å². The lowest BCUT2D eigenvalue weighted by molar-refractivity contribution is 0.856. The Bertz CT molecular complexity index is 3720. The molecule has 0 saturated heterocycles. The van der Waals surface area contributed by atoms with Gasteiger partial charge in [-0.3, -0.25) is 0 Å². The Labute approximate surface area is 401 Å². The van der Waals surface area contributed by atoms with Crippen LogP contribution in [0.5, 0.6) is 0 Å². The first-order valence-corrected chi connectivity index (χ1v) is 23.3. The van der Waals surface area contributed by atoms with Crippen LogP contribution in [-0.2, 0) is 0 Å². The van der Waals surface area contributed by atoms with Crippen LogP contribution < -0.4 is 0 Å². The summed E-state index contributed by atoms with van der Waals surface area (Å²) in [4.78, 5) is 19.5. The third-order valence-corrected chi connectivity index (χ3v) is 13.2. The predicted molar refractivity (Wildman–Crippen MR) is 284 cm³/mol. The van der Waals surface area contributed by atoms with Crippen LogP contribution in [0.3, 0.4) is 0 Å². The molecule has 0 bridgehead atoms. The molecule has 1 unspecified atom stereocenters. The lowest BCUT2D eigenvalue weighted by Crippen LogP contribution is -2.06. The molecule has 1 aliphatic carbocycles. The molecule has 0 fully saturated rings. The monoisotopic (exact) mass is 881 g/mol. The lowest BCUT2D eigenvalue weighted by Gasteiger charge is -2.24. The quantitative estimate of drug-likeness (QED) is 0.136. The highest BCUT2D eigenvalue weighted by molar-refractivity contribution is 6.12. The number of hydrogen-bond acceptors (Lipinski definition) is 3. The van der Waals surface area contributed by atoms with Crippen molar-refractivity contribution in [1.29, 1.82) is 0 Å². The predicted octanol–water partition coefficient (Wildman–Crippen LogP) is 16.6. The molecule has 0 N–H and O–H groups in total. The van der Waals surface area contributed by atoms with Crippen LogP contribution in [0, 0.1) is 6.57 Å². The Morgan fingerprint density at radius 1 is 0.420 bits per heavy atom. The van der Waals surface area contributed by atoms with Crippen molar-refractivity contribution in [1.82, 2.24) is 19.5 Å². The van der Waals surface area contributed by atoms with E-state index in [0.717, 1.165) is 95.1 Å². The zero-order chi connectivity index (χ0) is 46.1. The van der Waals surface area contributed by atoms with Gasteiger partial charge in [0.15, 0.2) is 23.2 Å². The molecule has 11 aromatic rings. The van der Waals surface area contributed by atoms with E-state index in [9.17, 15) is 0 Å². The van der Waals surface area contributed by atoms with Gasteiger partial charge < -0.3 is 4.57 Å². The van der Waals surface area contributed by atoms with E-state index >= 15 is 0 Å². The Hall–Kier alpha value is -9.24. The van der Waals surface area contributed by atoms with E-state index in [1.807, 2.05) is 78.9 Å². The average Bonchev–Trinajstić information content (AvgIpc) is 3.76. The summed E-state index contributed by atoms with van der Waals surface area (Å²) in [6.45, 7) is 8.08. The molecule has 0 amide bonds. The first kappa shape index (κ1) is 41.2. The van der Waals surface area contributed by atoms with Gasteiger partial charge in [-0.15, -0.1) is 0 Å². The molecule has 5 nitrogen and oxygen atoms in total. The molecule has 5 heteroatoms. The fourth-order valence-electron chi connectivity index (χ4n) is 9.75. The number of hydrogen-bond donors (Lipinski definition) is 0. The van der Waals surface area contributed by atoms with Gasteiger partial charge in [0.2, 0.25) is 0 Å². The van der Waals surface area contributed by atoms with Gasteiger partial charge in [-0.25, -0.2) is 19.8 Å². The smallest absolute Gasteiger partial charge is 0.188 e. The normalized spacial score (nSPS) is 13.3. The van der Waals surface area contributed by atoms with E-state index in [-0.39, 0.29) is 5.92 Å². The highest BCUT2D eigenvalue weighted by Crippen LogP contribution is 2.45. The second-order valence-corrected chi connectivity index (χ2v) is 17.4. The SMILES string of the molecule is [C-]#[N+]c1ccc2c(c1)c1cc(-c3ccccc3)ccc1n2-c1c(C2=CCC(c3ccccc3)C=C2)cc(-c2nc(-c3ccccc3)nc(-c3ccccc3)n2)cc1-c1ccc(-c2ccccc2)cc1. The molecule has 12 rings (SSSR count). The lowest BCUT2D eigenvalue weighted by atomic mass is 9.85. The van der Waals surface area contributed by atoms with Crippen molar-refractivity contribution in [3.8, 4) is 73.2 Å². The van der Waals surface area contributed by atoms with Crippen LogP contribution >= 0.6 is 0 Å². The maximum Gasteiger partial charge on any atom is 0.188 e. The molecule has 69 heavy (non-hydrogen) atoms. The van der Waals surface area contributed by atoms with Gasteiger partial charge in [-0.1, -0.05) is 206 Å².